The molecule has 2 rings (SSSR count). The van der Waals surface area contributed by atoms with Crippen LogP contribution in [0, 0.1) is 5.92 Å². The molecule has 1 heterocycles. The number of fused-ring (bicyclic) bond motifs is 1. The highest BCUT2D eigenvalue weighted by molar-refractivity contribution is 5.24. The summed E-state index contributed by atoms with van der Waals surface area (Å²) in [5.74, 6) is 1.68. The van der Waals surface area contributed by atoms with Gasteiger partial charge in [-0.25, -0.2) is 0 Å². The zero-order valence-corrected chi connectivity index (χ0v) is 10.8. The van der Waals surface area contributed by atoms with Crippen molar-refractivity contribution in [2.24, 2.45) is 5.92 Å². The molecule has 0 saturated carbocycles. The molecular formula is C14H23NO2. The minimum Gasteiger partial charge on any atom is -0.469 e. The average molecular weight is 237 g/mol. The van der Waals surface area contributed by atoms with E-state index in [1.165, 1.54) is 18.4 Å². The first-order valence-electron chi connectivity index (χ1n) is 6.65. The fourth-order valence-corrected chi connectivity index (χ4v) is 2.67. The lowest BCUT2D eigenvalue weighted by atomic mass is 9.91. The van der Waals surface area contributed by atoms with Crippen molar-refractivity contribution in [3.05, 3.63) is 23.7 Å². The summed E-state index contributed by atoms with van der Waals surface area (Å²) in [4.78, 5) is 0. The summed E-state index contributed by atoms with van der Waals surface area (Å²) in [5.41, 5.74) is 1.32. The van der Waals surface area contributed by atoms with Crippen molar-refractivity contribution in [1.29, 1.82) is 0 Å². The Morgan fingerprint density at radius 3 is 3.06 bits per heavy atom. The number of nitrogens with one attached hydrogen (secondary N) is 1. The second kappa shape index (κ2) is 5.69. The summed E-state index contributed by atoms with van der Waals surface area (Å²) in [6.07, 6.45) is 6.03. The molecule has 0 aromatic carbocycles. The van der Waals surface area contributed by atoms with E-state index in [9.17, 15) is 0 Å². The van der Waals surface area contributed by atoms with Crippen molar-refractivity contribution >= 4 is 0 Å². The summed E-state index contributed by atoms with van der Waals surface area (Å²) < 4.78 is 5.50. The van der Waals surface area contributed by atoms with Crippen LogP contribution in [-0.2, 0) is 6.42 Å². The molecule has 0 aliphatic heterocycles. The largest absolute Gasteiger partial charge is 0.469 e. The van der Waals surface area contributed by atoms with Crippen LogP contribution >= 0.6 is 0 Å². The van der Waals surface area contributed by atoms with E-state index < -0.39 is 0 Å². The van der Waals surface area contributed by atoms with Gasteiger partial charge in [-0.2, -0.15) is 0 Å². The van der Waals surface area contributed by atoms with Crippen molar-refractivity contribution in [2.45, 2.75) is 51.6 Å². The maximum Gasteiger partial charge on any atom is 0.108 e. The minimum atomic E-state index is 0.251. The second-order valence-corrected chi connectivity index (χ2v) is 5.27. The van der Waals surface area contributed by atoms with Crippen molar-refractivity contribution < 1.29 is 9.52 Å². The van der Waals surface area contributed by atoms with Gasteiger partial charge in [0.2, 0.25) is 0 Å². The summed E-state index contributed by atoms with van der Waals surface area (Å²) >= 11 is 0. The number of hydrogen-bond donors (Lipinski definition) is 2. The van der Waals surface area contributed by atoms with Crippen molar-refractivity contribution in [3.8, 4) is 0 Å². The third-order valence-electron chi connectivity index (χ3n) is 3.71. The lowest BCUT2D eigenvalue weighted by Crippen LogP contribution is -2.38. The lowest BCUT2D eigenvalue weighted by Gasteiger charge is -2.30. The number of hydrogen-bond acceptors (Lipinski definition) is 3. The normalized spacial score (nSPS) is 21.5. The SMILES string of the molecule is CC(C)C(CCO)NC1CCCc2occc21. The van der Waals surface area contributed by atoms with Gasteiger partial charge >= 0.3 is 0 Å². The van der Waals surface area contributed by atoms with Crippen molar-refractivity contribution in [2.75, 3.05) is 6.61 Å². The van der Waals surface area contributed by atoms with E-state index in [2.05, 4.69) is 25.2 Å². The van der Waals surface area contributed by atoms with Gasteiger partial charge in [0.25, 0.3) is 0 Å². The Kier molecular flexibility index (Phi) is 4.24. The van der Waals surface area contributed by atoms with E-state index in [0.29, 0.717) is 18.0 Å². The molecule has 96 valence electrons. The van der Waals surface area contributed by atoms with E-state index in [0.717, 1.165) is 18.6 Å². The lowest BCUT2D eigenvalue weighted by molar-refractivity contribution is 0.229. The predicted molar refractivity (Wildman–Crippen MR) is 67.9 cm³/mol. The summed E-state index contributed by atoms with van der Waals surface area (Å²) in [6, 6.07) is 2.87. The smallest absolute Gasteiger partial charge is 0.108 e. The molecule has 1 aliphatic rings. The Balaban J connectivity index is 2.04. The van der Waals surface area contributed by atoms with Crippen LogP contribution < -0.4 is 5.32 Å². The summed E-state index contributed by atoms with van der Waals surface area (Å²) in [7, 11) is 0. The van der Waals surface area contributed by atoms with E-state index in [4.69, 9.17) is 9.52 Å². The van der Waals surface area contributed by atoms with Gasteiger partial charge in [0.1, 0.15) is 5.76 Å². The quantitative estimate of drug-likeness (QED) is 0.827. The van der Waals surface area contributed by atoms with Crippen LogP contribution in [0.2, 0.25) is 0 Å². The molecule has 3 nitrogen and oxygen atoms in total. The van der Waals surface area contributed by atoms with Gasteiger partial charge in [0, 0.05) is 30.7 Å². The zero-order valence-electron chi connectivity index (χ0n) is 10.8. The number of aryl methyl sites for hydroxylation is 1. The van der Waals surface area contributed by atoms with Crippen LogP contribution in [0.1, 0.15) is 50.5 Å². The molecule has 17 heavy (non-hydrogen) atoms. The Bertz CT molecular complexity index is 346. The predicted octanol–water partition coefficient (Wildman–Crippen LogP) is 2.65. The first-order valence-corrected chi connectivity index (χ1v) is 6.65. The molecule has 0 saturated heterocycles. The zero-order chi connectivity index (χ0) is 12.3. The van der Waals surface area contributed by atoms with Crippen LogP contribution in [0.15, 0.2) is 16.7 Å². The average Bonchev–Trinajstić information content (AvgIpc) is 2.77. The van der Waals surface area contributed by atoms with E-state index in [1.54, 1.807) is 6.26 Å². The van der Waals surface area contributed by atoms with Crippen molar-refractivity contribution in [1.82, 2.24) is 5.32 Å². The van der Waals surface area contributed by atoms with Gasteiger partial charge in [-0.15, -0.1) is 0 Å². The number of aliphatic hydroxyl groups is 1. The molecule has 1 aromatic heterocycles. The minimum absolute atomic E-state index is 0.251. The molecule has 2 N–H and O–H groups in total. The fraction of sp³-hybridized carbons (Fsp3) is 0.714. The van der Waals surface area contributed by atoms with Crippen LogP contribution in [0.25, 0.3) is 0 Å². The molecule has 1 aliphatic carbocycles. The standard InChI is InChI=1S/C14H23NO2/c1-10(2)12(6-8-16)15-13-4-3-5-14-11(13)7-9-17-14/h7,9-10,12-13,15-16H,3-6,8H2,1-2H3. The maximum atomic E-state index is 9.11. The number of furan rings is 1. The number of aliphatic hydroxyl groups excluding tert-OH is 1. The molecule has 0 fully saturated rings. The Hall–Kier alpha value is -0.800. The van der Waals surface area contributed by atoms with Crippen molar-refractivity contribution in [3.63, 3.8) is 0 Å². The Morgan fingerprint density at radius 2 is 2.35 bits per heavy atom. The van der Waals surface area contributed by atoms with Gasteiger partial charge in [-0.05, 0) is 31.2 Å². The Morgan fingerprint density at radius 1 is 1.53 bits per heavy atom. The highest BCUT2D eigenvalue weighted by Gasteiger charge is 2.25. The monoisotopic (exact) mass is 237 g/mol. The van der Waals surface area contributed by atoms with E-state index in [1.807, 2.05) is 0 Å². The summed E-state index contributed by atoms with van der Waals surface area (Å²) in [6.45, 7) is 4.65. The molecule has 1 aromatic rings. The van der Waals surface area contributed by atoms with Gasteiger partial charge in [0.05, 0.1) is 6.26 Å². The molecule has 0 radical (unpaired) electrons. The van der Waals surface area contributed by atoms with E-state index >= 15 is 0 Å². The maximum absolute atomic E-state index is 9.11. The van der Waals surface area contributed by atoms with Crippen LogP contribution in [0.4, 0.5) is 0 Å². The van der Waals surface area contributed by atoms with Crippen LogP contribution in [-0.4, -0.2) is 17.8 Å². The molecular weight excluding hydrogens is 214 g/mol. The molecule has 0 amide bonds. The highest BCUT2D eigenvalue weighted by Crippen LogP contribution is 2.31. The molecule has 3 heteroatoms. The first kappa shape index (κ1) is 12.7. The third-order valence-corrected chi connectivity index (χ3v) is 3.71. The molecule has 0 spiro atoms. The van der Waals surface area contributed by atoms with Gasteiger partial charge in [0.15, 0.2) is 0 Å². The van der Waals surface area contributed by atoms with Gasteiger partial charge in [-0.1, -0.05) is 13.8 Å². The Labute approximate surface area is 103 Å². The summed E-state index contributed by atoms with van der Waals surface area (Å²) in [5, 5.41) is 12.8. The van der Waals surface area contributed by atoms with Crippen LogP contribution in [0.3, 0.4) is 0 Å². The molecule has 2 unspecified atom stereocenters. The van der Waals surface area contributed by atoms with Gasteiger partial charge in [-0.3, -0.25) is 0 Å². The topological polar surface area (TPSA) is 45.4 Å². The van der Waals surface area contributed by atoms with Crippen LogP contribution in [0.5, 0.6) is 0 Å². The van der Waals surface area contributed by atoms with E-state index in [-0.39, 0.29) is 6.61 Å². The number of rotatable bonds is 5. The third kappa shape index (κ3) is 2.90. The first-order chi connectivity index (χ1) is 8.22. The second-order valence-electron chi connectivity index (χ2n) is 5.27. The fourth-order valence-electron chi connectivity index (χ4n) is 2.67. The molecule has 2 atom stereocenters. The highest BCUT2D eigenvalue weighted by atomic mass is 16.3. The van der Waals surface area contributed by atoms with Gasteiger partial charge < -0.3 is 14.8 Å². The molecule has 0 bridgehead atoms.